The minimum Gasteiger partial charge on any atom is -0.377 e. The molecule has 3 heterocycles. The molecule has 2 aromatic heterocycles. The van der Waals surface area contributed by atoms with Crippen LogP contribution >= 0.6 is 23.1 Å². The van der Waals surface area contributed by atoms with Gasteiger partial charge in [0.05, 0.1) is 11.5 Å². The number of nitrogens with zero attached hydrogens (tertiary/aromatic N) is 2. The van der Waals surface area contributed by atoms with Crippen molar-refractivity contribution >= 4 is 33.3 Å². The van der Waals surface area contributed by atoms with Gasteiger partial charge in [-0.1, -0.05) is 17.8 Å². The van der Waals surface area contributed by atoms with E-state index in [2.05, 4.69) is 6.58 Å². The van der Waals surface area contributed by atoms with Gasteiger partial charge in [-0.2, -0.15) is 0 Å². The second-order valence-corrected chi connectivity index (χ2v) is 8.51. The lowest BCUT2D eigenvalue weighted by molar-refractivity contribution is 0.129. The number of rotatable bonds is 5. The van der Waals surface area contributed by atoms with Crippen LogP contribution in [0.3, 0.4) is 0 Å². The van der Waals surface area contributed by atoms with Gasteiger partial charge in [0, 0.05) is 23.8 Å². The number of hydrogen-bond acceptors (Lipinski definition) is 5. The number of ether oxygens (including phenoxy) is 1. The Labute approximate surface area is 149 Å². The molecule has 0 spiro atoms. The van der Waals surface area contributed by atoms with Gasteiger partial charge in [0.25, 0.3) is 5.56 Å². The van der Waals surface area contributed by atoms with Crippen LogP contribution in [0, 0.1) is 0 Å². The van der Waals surface area contributed by atoms with Crippen LogP contribution in [0.25, 0.3) is 10.2 Å². The van der Waals surface area contributed by atoms with Crippen LogP contribution in [0.2, 0.25) is 0 Å². The van der Waals surface area contributed by atoms with E-state index in [4.69, 9.17) is 9.72 Å². The number of hydrogen-bond donors (Lipinski definition) is 0. The van der Waals surface area contributed by atoms with Gasteiger partial charge in [0.1, 0.15) is 4.83 Å². The maximum Gasteiger partial charge on any atom is 0.263 e. The summed E-state index contributed by atoms with van der Waals surface area (Å²) in [4.78, 5) is 20.3. The van der Waals surface area contributed by atoms with E-state index in [0.717, 1.165) is 53.4 Å². The normalized spacial score (nSPS) is 20.4. The highest BCUT2D eigenvalue weighted by molar-refractivity contribution is 7.99. The SMILES string of the molecule is C=CCn1c(SC[C@H]2CCCO2)nc2sc3c(c2c1=O)CCCC3. The molecule has 0 saturated carbocycles. The summed E-state index contributed by atoms with van der Waals surface area (Å²) in [5.74, 6) is 0.861. The van der Waals surface area contributed by atoms with Gasteiger partial charge in [0.15, 0.2) is 5.16 Å². The Kier molecular flexibility index (Phi) is 4.79. The first-order valence-electron chi connectivity index (χ1n) is 8.68. The third-order valence-electron chi connectivity index (χ3n) is 4.77. The zero-order chi connectivity index (χ0) is 16.5. The van der Waals surface area contributed by atoms with E-state index >= 15 is 0 Å². The molecule has 24 heavy (non-hydrogen) atoms. The molecule has 2 aliphatic rings. The first-order valence-corrected chi connectivity index (χ1v) is 10.5. The molecule has 2 aromatic rings. The van der Waals surface area contributed by atoms with E-state index in [9.17, 15) is 4.79 Å². The Hall–Kier alpha value is -1.11. The summed E-state index contributed by atoms with van der Waals surface area (Å²) in [6.07, 6.45) is 8.82. The predicted octanol–water partition coefficient (Wildman–Crippen LogP) is 3.79. The molecular weight excluding hydrogens is 340 g/mol. The predicted molar refractivity (Wildman–Crippen MR) is 100 cm³/mol. The van der Waals surface area contributed by atoms with Crippen molar-refractivity contribution in [2.75, 3.05) is 12.4 Å². The molecule has 0 unspecified atom stereocenters. The molecule has 1 aliphatic carbocycles. The fraction of sp³-hybridized carbons (Fsp3) is 0.556. The van der Waals surface area contributed by atoms with Gasteiger partial charge >= 0.3 is 0 Å². The van der Waals surface area contributed by atoms with Crippen molar-refractivity contribution in [1.29, 1.82) is 0 Å². The standard InChI is InChI=1S/C18H22N2O2S2/c1-2-9-20-17(21)15-13-7-3-4-8-14(13)24-16(15)19-18(20)23-11-12-6-5-10-22-12/h2,12H,1,3-11H2/t12-/m1/s1. The molecule has 1 aliphatic heterocycles. The zero-order valence-electron chi connectivity index (χ0n) is 13.8. The average molecular weight is 363 g/mol. The quantitative estimate of drug-likeness (QED) is 0.461. The van der Waals surface area contributed by atoms with Crippen LogP contribution in [0.5, 0.6) is 0 Å². The van der Waals surface area contributed by atoms with Crippen molar-refractivity contribution < 1.29 is 4.74 Å². The second kappa shape index (κ2) is 7.02. The minimum atomic E-state index is 0.106. The van der Waals surface area contributed by atoms with Crippen molar-refractivity contribution in [3.63, 3.8) is 0 Å². The van der Waals surface area contributed by atoms with Crippen LogP contribution in [-0.4, -0.2) is 28.0 Å². The van der Waals surface area contributed by atoms with Gasteiger partial charge in [-0.3, -0.25) is 9.36 Å². The van der Waals surface area contributed by atoms with E-state index in [1.54, 1.807) is 33.7 Å². The molecule has 0 bridgehead atoms. The Morgan fingerprint density at radius 1 is 1.38 bits per heavy atom. The number of allylic oxidation sites excluding steroid dienone is 1. The molecule has 1 fully saturated rings. The van der Waals surface area contributed by atoms with Crippen molar-refractivity contribution in [3.8, 4) is 0 Å². The van der Waals surface area contributed by atoms with Crippen molar-refractivity contribution in [2.45, 2.75) is 56.3 Å². The van der Waals surface area contributed by atoms with Crippen LogP contribution in [0.4, 0.5) is 0 Å². The van der Waals surface area contributed by atoms with Crippen LogP contribution in [-0.2, 0) is 24.1 Å². The topological polar surface area (TPSA) is 44.1 Å². The van der Waals surface area contributed by atoms with Crippen LogP contribution in [0.15, 0.2) is 22.6 Å². The second-order valence-electron chi connectivity index (χ2n) is 6.44. The summed E-state index contributed by atoms with van der Waals surface area (Å²) >= 11 is 3.36. The third kappa shape index (κ3) is 2.95. The van der Waals surface area contributed by atoms with E-state index < -0.39 is 0 Å². The molecule has 4 nitrogen and oxygen atoms in total. The highest BCUT2D eigenvalue weighted by Gasteiger charge is 2.23. The summed E-state index contributed by atoms with van der Waals surface area (Å²) < 4.78 is 7.49. The maximum absolute atomic E-state index is 13.1. The summed E-state index contributed by atoms with van der Waals surface area (Å²) in [6.45, 7) is 5.18. The van der Waals surface area contributed by atoms with Gasteiger partial charge in [-0.25, -0.2) is 4.98 Å². The van der Waals surface area contributed by atoms with Crippen molar-refractivity contribution in [3.05, 3.63) is 33.4 Å². The molecule has 0 aromatic carbocycles. The third-order valence-corrected chi connectivity index (χ3v) is 7.07. The lowest BCUT2D eigenvalue weighted by Crippen LogP contribution is -2.24. The monoisotopic (exact) mass is 362 g/mol. The molecule has 1 saturated heterocycles. The summed E-state index contributed by atoms with van der Waals surface area (Å²) in [7, 11) is 0. The molecule has 0 amide bonds. The Bertz CT molecular complexity index is 819. The Balaban J connectivity index is 1.75. The number of thioether (sulfide) groups is 1. The highest BCUT2D eigenvalue weighted by Crippen LogP contribution is 2.35. The molecule has 0 radical (unpaired) electrons. The van der Waals surface area contributed by atoms with Gasteiger partial charge in [-0.15, -0.1) is 17.9 Å². The summed E-state index contributed by atoms with van der Waals surface area (Å²) in [5, 5.41) is 1.67. The number of thiophene rings is 1. The fourth-order valence-corrected chi connectivity index (χ4v) is 5.94. The molecular formula is C18H22N2O2S2. The van der Waals surface area contributed by atoms with Crippen LogP contribution in [0.1, 0.15) is 36.1 Å². The maximum atomic E-state index is 13.1. The van der Waals surface area contributed by atoms with Crippen molar-refractivity contribution in [1.82, 2.24) is 9.55 Å². The van der Waals surface area contributed by atoms with Gasteiger partial charge in [-0.05, 0) is 44.1 Å². The number of aromatic nitrogens is 2. The fourth-order valence-electron chi connectivity index (χ4n) is 3.56. The first kappa shape index (κ1) is 16.4. The minimum absolute atomic E-state index is 0.106. The van der Waals surface area contributed by atoms with Crippen LogP contribution < -0.4 is 5.56 Å². The van der Waals surface area contributed by atoms with E-state index in [-0.39, 0.29) is 11.7 Å². The number of fused-ring (bicyclic) bond motifs is 3. The first-order chi connectivity index (χ1) is 11.8. The molecule has 128 valence electrons. The molecule has 4 rings (SSSR count). The van der Waals surface area contributed by atoms with E-state index in [1.165, 1.54) is 23.3 Å². The summed E-state index contributed by atoms with van der Waals surface area (Å²) in [5.41, 5.74) is 1.36. The van der Waals surface area contributed by atoms with Gasteiger partial charge in [0.2, 0.25) is 0 Å². The Morgan fingerprint density at radius 2 is 2.25 bits per heavy atom. The van der Waals surface area contributed by atoms with Gasteiger partial charge < -0.3 is 4.74 Å². The highest BCUT2D eigenvalue weighted by atomic mass is 32.2. The lowest BCUT2D eigenvalue weighted by Gasteiger charge is -2.13. The smallest absolute Gasteiger partial charge is 0.263 e. The molecule has 6 heteroatoms. The number of aryl methyl sites for hydroxylation is 2. The van der Waals surface area contributed by atoms with E-state index in [0.29, 0.717) is 6.54 Å². The van der Waals surface area contributed by atoms with E-state index in [1.807, 2.05) is 0 Å². The Morgan fingerprint density at radius 3 is 3.04 bits per heavy atom. The zero-order valence-corrected chi connectivity index (χ0v) is 15.4. The largest absolute Gasteiger partial charge is 0.377 e. The average Bonchev–Trinajstić information content (AvgIpc) is 3.22. The lowest BCUT2D eigenvalue weighted by atomic mass is 9.97. The van der Waals surface area contributed by atoms with Crippen molar-refractivity contribution in [2.24, 2.45) is 0 Å². The summed E-state index contributed by atoms with van der Waals surface area (Å²) in [6, 6.07) is 0. The molecule has 0 N–H and O–H groups in total. The molecule has 1 atom stereocenters.